The summed E-state index contributed by atoms with van der Waals surface area (Å²) in [5, 5.41) is 15.1. The first-order chi connectivity index (χ1) is 12.2. The summed E-state index contributed by atoms with van der Waals surface area (Å²) in [4.78, 5) is 15.1. The van der Waals surface area contributed by atoms with Crippen LogP contribution in [0.2, 0.25) is 0 Å². The van der Waals surface area contributed by atoms with E-state index in [-0.39, 0.29) is 0 Å². The maximum absolute atomic E-state index is 13.9. The number of anilines is 2. The van der Waals surface area contributed by atoms with Crippen LogP contribution in [0.4, 0.5) is 20.0 Å². The van der Waals surface area contributed by atoms with Gasteiger partial charge in [0.05, 0.1) is 16.6 Å². The summed E-state index contributed by atoms with van der Waals surface area (Å²) < 4.78 is 19.3. The summed E-state index contributed by atoms with van der Waals surface area (Å²) in [5.41, 5.74) is 0.993. The van der Waals surface area contributed by atoms with E-state index in [1.165, 1.54) is 17.4 Å². The van der Waals surface area contributed by atoms with E-state index in [1.807, 2.05) is 0 Å². The maximum atomic E-state index is 13.9. The predicted molar refractivity (Wildman–Crippen MR) is 93.6 cm³/mol. The number of nitrogens with one attached hydrogen (secondary N) is 3. The molecule has 4 rings (SSSR count). The highest BCUT2D eigenvalue weighted by atomic mass is 32.1. The number of H-pyrrole nitrogens is 1. The van der Waals surface area contributed by atoms with Crippen LogP contribution in [-0.4, -0.2) is 34.4 Å². The molecule has 130 valence electrons. The Morgan fingerprint density at radius 1 is 1.28 bits per heavy atom. The van der Waals surface area contributed by atoms with E-state index in [0.29, 0.717) is 27.6 Å². The molecule has 1 aliphatic heterocycles. The van der Waals surface area contributed by atoms with Crippen molar-refractivity contribution in [2.45, 2.75) is 18.8 Å². The average Bonchev–Trinajstić information content (AvgIpc) is 3.24. The Labute approximate surface area is 146 Å². The van der Waals surface area contributed by atoms with Crippen LogP contribution in [-0.2, 0) is 4.74 Å². The molecule has 1 saturated heterocycles. The summed E-state index contributed by atoms with van der Waals surface area (Å²) in [6.07, 6.45) is 3.38. The van der Waals surface area contributed by atoms with Crippen molar-refractivity contribution in [3.05, 3.63) is 35.2 Å². The van der Waals surface area contributed by atoms with Crippen molar-refractivity contribution in [3.63, 3.8) is 0 Å². The smallest absolute Gasteiger partial charge is 0.325 e. The Morgan fingerprint density at radius 3 is 2.96 bits per heavy atom. The molecule has 2 amide bonds. The number of rotatable bonds is 3. The van der Waals surface area contributed by atoms with Gasteiger partial charge in [-0.2, -0.15) is 0 Å². The molecule has 0 atom stereocenters. The number of hydrogen-bond donors (Lipinski definition) is 3. The second kappa shape index (κ2) is 6.77. The molecule has 0 radical (unpaired) electrons. The largest absolute Gasteiger partial charge is 0.381 e. The number of fused-ring (bicyclic) bond motifs is 1. The maximum Gasteiger partial charge on any atom is 0.325 e. The summed E-state index contributed by atoms with van der Waals surface area (Å²) in [5.74, 6) is -0.0701. The molecule has 3 aromatic rings. The number of carbonyl (C=O) groups excluding carboxylic acids is 1. The van der Waals surface area contributed by atoms with E-state index < -0.39 is 11.8 Å². The van der Waals surface area contributed by atoms with Gasteiger partial charge in [-0.1, -0.05) is 17.4 Å². The molecule has 0 bridgehead atoms. The Bertz CT molecular complexity index is 903. The molecule has 1 aromatic carbocycles. The van der Waals surface area contributed by atoms with Gasteiger partial charge in [-0.3, -0.25) is 5.32 Å². The number of urea groups is 1. The third-order valence-electron chi connectivity index (χ3n) is 4.13. The van der Waals surface area contributed by atoms with Crippen molar-refractivity contribution >= 4 is 39.1 Å². The van der Waals surface area contributed by atoms with Crippen LogP contribution in [0, 0.1) is 5.82 Å². The van der Waals surface area contributed by atoms with Crippen molar-refractivity contribution in [1.29, 1.82) is 0 Å². The number of carbonyl (C=O) groups is 1. The van der Waals surface area contributed by atoms with Gasteiger partial charge in [-0.05, 0) is 25.0 Å². The van der Waals surface area contributed by atoms with Crippen molar-refractivity contribution in [2.75, 3.05) is 23.8 Å². The number of halogens is 1. The van der Waals surface area contributed by atoms with Gasteiger partial charge in [0.15, 0.2) is 0 Å². The first-order valence-corrected chi connectivity index (χ1v) is 8.77. The molecule has 0 aliphatic carbocycles. The van der Waals surface area contributed by atoms with Crippen molar-refractivity contribution in [2.24, 2.45) is 0 Å². The second-order valence-electron chi connectivity index (χ2n) is 5.78. The molecule has 9 heteroatoms. The van der Waals surface area contributed by atoms with Crippen molar-refractivity contribution in [1.82, 2.24) is 15.2 Å². The summed E-state index contributed by atoms with van der Waals surface area (Å²) >= 11 is 1.36. The molecular formula is C16H16FN5O2S. The fourth-order valence-corrected chi connectivity index (χ4v) is 3.79. The standard InChI is InChI=1S/C16H16FN5O2S/c17-10-2-1-3-11-13(10)12(8-18-11)19-15(23)20-16-22-21-14(25-16)9-4-6-24-7-5-9/h1-3,8-9,18H,4-7H2,(H2,19,20,22,23). The SMILES string of the molecule is O=C(Nc1nnc(C2CCOCC2)s1)Nc1c[nH]c2cccc(F)c12. The van der Waals surface area contributed by atoms with Gasteiger partial charge >= 0.3 is 6.03 Å². The Balaban J connectivity index is 1.44. The highest BCUT2D eigenvalue weighted by Crippen LogP contribution is 2.31. The topological polar surface area (TPSA) is 91.9 Å². The Morgan fingerprint density at radius 2 is 2.12 bits per heavy atom. The second-order valence-corrected chi connectivity index (χ2v) is 6.79. The lowest BCUT2D eigenvalue weighted by Crippen LogP contribution is -2.19. The summed E-state index contributed by atoms with van der Waals surface area (Å²) in [6.45, 7) is 1.44. The minimum atomic E-state index is -0.487. The van der Waals surface area contributed by atoms with Crippen LogP contribution in [0.1, 0.15) is 23.8 Å². The highest BCUT2D eigenvalue weighted by Gasteiger charge is 2.21. The van der Waals surface area contributed by atoms with Crippen molar-refractivity contribution < 1.29 is 13.9 Å². The van der Waals surface area contributed by atoms with E-state index in [9.17, 15) is 9.18 Å². The monoisotopic (exact) mass is 361 g/mol. The zero-order valence-corrected chi connectivity index (χ0v) is 14.0. The van der Waals surface area contributed by atoms with Gasteiger partial charge in [0.2, 0.25) is 5.13 Å². The number of amides is 2. The van der Waals surface area contributed by atoms with Gasteiger partial charge in [0.25, 0.3) is 0 Å². The third-order valence-corrected chi connectivity index (χ3v) is 5.14. The number of hydrogen-bond acceptors (Lipinski definition) is 5. The van der Waals surface area contributed by atoms with Gasteiger partial charge in [0, 0.05) is 25.3 Å². The van der Waals surface area contributed by atoms with Crippen LogP contribution in [0.5, 0.6) is 0 Å². The van der Waals surface area contributed by atoms with E-state index in [2.05, 4.69) is 25.8 Å². The fraction of sp³-hybridized carbons (Fsp3) is 0.312. The molecule has 0 spiro atoms. The number of ether oxygens (including phenoxy) is 1. The van der Waals surface area contributed by atoms with E-state index >= 15 is 0 Å². The molecule has 7 nitrogen and oxygen atoms in total. The summed E-state index contributed by atoms with van der Waals surface area (Å²) in [7, 11) is 0. The molecule has 3 N–H and O–H groups in total. The van der Waals surface area contributed by atoms with E-state index in [0.717, 1.165) is 31.1 Å². The molecule has 0 unspecified atom stereocenters. The molecule has 3 heterocycles. The first kappa shape index (κ1) is 16.0. The Hall–Kier alpha value is -2.52. The van der Waals surface area contributed by atoms with Gasteiger partial charge in [-0.15, -0.1) is 10.2 Å². The number of benzene rings is 1. The van der Waals surface area contributed by atoms with Crippen LogP contribution < -0.4 is 10.6 Å². The number of aromatic amines is 1. The highest BCUT2D eigenvalue weighted by molar-refractivity contribution is 7.15. The van der Waals surface area contributed by atoms with Crippen LogP contribution >= 0.6 is 11.3 Å². The number of nitrogens with zero attached hydrogens (tertiary/aromatic N) is 2. The lowest BCUT2D eigenvalue weighted by atomic mass is 10.0. The van der Waals surface area contributed by atoms with Gasteiger partial charge in [0.1, 0.15) is 10.8 Å². The molecule has 1 aliphatic rings. The van der Waals surface area contributed by atoms with E-state index in [4.69, 9.17) is 4.74 Å². The summed E-state index contributed by atoms with van der Waals surface area (Å²) in [6, 6.07) is 4.21. The zero-order valence-electron chi connectivity index (χ0n) is 13.2. The van der Waals surface area contributed by atoms with Gasteiger partial charge in [-0.25, -0.2) is 9.18 Å². The average molecular weight is 361 g/mol. The quantitative estimate of drug-likeness (QED) is 0.663. The van der Waals surface area contributed by atoms with Crippen LogP contribution in [0.15, 0.2) is 24.4 Å². The lowest BCUT2D eigenvalue weighted by Gasteiger charge is -2.18. The first-order valence-electron chi connectivity index (χ1n) is 7.95. The molecule has 25 heavy (non-hydrogen) atoms. The molecule has 1 fully saturated rings. The molecular weight excluding hydrogens is 345 g/mol. The van der Waals surface area contributed by atoms with E-state index in [1.54, 1.807) is 18.3 Å². The molecule has 0 saturated carbocycles. The Kier molecular flexibility index (Phi) is 4.33. The number of aromatic nitrogens is 3. The van der Waals surface area contributed by atoms with Crippen molar-refractivity contribution in [3.8, 4) is 0 Å². The van der Waals surface area contributed by atoms with Gasteiger partial charge < -0.3 is 15.0 Å². The normalized spacial score (nSPS) is 15.4. The van der Waals surface area contributed by atoms with Crippen LogP contribution in [0.3, 0.4) is 0 Å². The molecule has 2 aromatic heterocycles. The fourth-order valence-electron chi connectivity index (χ4n) is 2.88. The minimum absolute atomic E-state index is 0.326. The zero-order chi connectivity index (χ0) is 17.2. The minimum Gasteiger partial charge on any atom is -0.381 e. The third kappa shape index (κ3) is 3.33. The predicted octanol–water partition coefficient (Wildman–Crippen LogP) is 3.70. The lowest BCUT2D eigenvalue weighted by molar-refractivity contribution is 0.0851. The van der Waals surface area contributed by atoms with Crippen LogP contribution in [0.25, 0.3) is 10.9 Å².